The number of fused-ring (bicyclic) bond motifs is 1. The monoisotopic (exact) mass is 386 g/mol. The zero-order chi connectivity index (χ0) is 19.8. The van der Waals surface area contributed by atoms with E-state index in [0.717, 1.165) is 25.7 Å². The van der Waals surface area contributed by atoms with Crippen molar-refractivity contribution in [1.29, 1.82) is 0 Å². The van der Waals surface area contributed by atoms with E-state index in [9.17, 15) is 14.4 Å². The molecule has 2 aliphatic heterocycles. The van der Waals surface area contributed by atoms with Crippen LogP contribution in [0.15, 0.2) is 24.3 Å². The standard InChI is InChI=1S/C21H26N2O5/c1-27-16-10-23(18-15(24)11-28-19(16)18)21(26)17(12-6-2-3-7-12)13-8-4-5-9-14(13)20(22)25/h4-5,8-9,12,16-19H,2-3,6-7,10-11H2,1H3,(H2,22,25)/t16-,17+,18-,19-/m1/s1. The second kappa shape index (κ2) is 7.64. The van der Waals surface area contributed by atoms with Crippen molar-refractivity contribution in [2.24, 2.45) is 11.7 Å². The van der Waals surface area contributed by atoms with Crippen LogP contribution >= 0.6 is 0 Å². The molecule has 0 unspecified atom stereocenters. The van der Waals surface area contributed by atoms with Crippen molar-refractivity contribution in [3.05, 3.63) is 35.4 Å². The van der Waals surface area contributed by atoms with Crippen molar-refractivity contribution in [2.75, 3.05) is 20.3 Å². The van der Waals surface area contributed by atoms with E-state index in [4.69, 9.17) is 15.2 Å². The molecule has 7 heteroatoms. The van der Waals surface area contributed by atoms with Gasteiger partial charge in [-0.15, -0.1) is 0 Å². The molecule has 1 aliphatic carbocycles. The molecule has 0 bridgehead atoms. The number of carbonyl (C=O) groups excluding carboxylic acids is 3. The molecule has 2 saturated heterocycles. The third-order valence-corrected chi connectivity index (χ3v) is 6.42. The first-order valence-electron chi connectivity index (χ1n) is 9.89. The fourth-order valence-electron chi connectivity index (χ4n) is 5.10. The van der Waals surface area contributed by atoms with Gasteiger partial charge in [-0.05, 0) is 30.4 Å². The first-order valence-corrected chi connectivity index (χ1v) is 9.89. The van der Waals surface area contributed by atoms with Crippen LogP contribution in [-0.4, -0.2) is 61.0 Å². The first kappa shape index (κ1) is 19.1. The summed E-state index contributed by atoms with van der Waals surface area (Å²) in [5.41, 5.74) is 6.64. The molecule has 28 heavy (non-hydrogen) atoms. The first-order chi connectivity index (χ1) is 13.5. The predicted octanol–water partition coefficient (Wildman–Crippen LogP) is 1.25. The molecule has 3 fully saturated rings. The number of benzene rings is 1. The molecule has 4 rings (SSSR count). The number of amides is 2. The summed E-state index contributed by atoms with van der Waals surface area (Å²) in [6.07, 6.45) is 3.21. The highest BCUT2D eigenvalue weighted by Gasteiger charge is 2.54. The summed E-state index contributed by atoms with van der Waals surface area (Å²) >= 11 is 0. The number of ether oxygens (including phenoxy) is 2. The highest BCUT2D eigenvalue weighted by atomic mass is 16.5. The highest BCUT2D eigenvalue weighted by molar-refractivity contribution is 5.99. The Kier molecular flexibility index (Phi) is 5.21. The van der Waals surface area contributed by atoms with Gasteiger partial charge < -0.3 is 20.1 Å². The van der Waals surface area contributed by atoms with Crippen LogP contribution in [0, 0.1) is 5.92 Å². The van der Waals surface area contributed by atoms with Crippen molar-refractivity contribution < 1.29 is 23.9 Å². The van der Waals surface area contributed by atoms with Gasteiger partial charge in [-0.2, -0.15) is 0 Å². The van der Waals surface area contributed by atoms with Crippen molar-refractivity contribution >= 4 is 17.6 Å². The van der Waals surface area contributed by atoms with Gasteiger partial charge in [0.15, 0.2) is 5.78 Å². The summed E-state index contributed by atoms with van der Waals surface area (Å²) in [6.45, 7) is 0.323. The minimum atomic E-state index is -0.609. The Bertz CT molecular complexity index is 789. The lowest BCUT2D eigenvalue weighted by molar-refractivity contribution is -0.139. The molecule has 1 saturated carbocycles. The number of nitrogens with two attached hydrogens (primary N) is 1. The van der Waals surface area contributed by atoms with Crippen LogP contribution in [-0.2, 0) is 19.1 Å². The van der Waals surface area contributed by atoms with Gasteiger partial charge in [0.25, 0.3) is 0 Å². The molecule has 4 atom stereocenters. The van der Waals surface area contributed by atoms with E-state index in [1.807, 2.05) is 12.1 Å². The molecule has 0 spiro atoms. The molecule has 1 aromatic rings. The minimum Gasteiger partial charge on any atom is -0.377 e. The van der Waals surface area contributed by atoms with Crippen molar-refractivity contribution in [3.63, 3.8) is 0 Å². The molecule has 2 amide bonds. The van der Waals surface area contributed by atoms with E-state index in [-0.39, 0.29) is 30.3 Å². The largest absolute Gasteiger partial charge is 0.377 e. The topological polar surface area (TPSA) is 98.9 Å². The maximum atomic E-state index is 13.8. The van der Waals surface area contributed by atoms with E-state index in [0.29, 0.717) is 17.7 Å². The average molecular weight is 386 g/mol. The lowest BCUT2D eigenvalue weighted by Gasteiger charge is -2.31. The molecule has 3 aliphatic rings. The summed E-state index contributed by atoms with van der Waals surface area (Å²) < 4.78 is 11.1. The Morgan fingerprint density at radius 2 is 1.96 bits per heavy atom. The van der Waals surface area contributed by atoms with Crippen molar-refractivity contribution in [2.45, 2.75) is 49.9 Å². The molecule has 1 aromatic carbocycles. The lowest BCUT2D eigenvalue weighted by Crippen LogP contribution is -2.45. The smallest absolute Gasteiger partial charge is 0.249 e. The van der Waals surface area contributed by atoms with Gasteiger partial charge >= 0.3 is 0 Å². The van der Waals surface area contributed by atoms with Crippen LogP contribution in [0.5, 0.6) is 0 Å². The van der Waals surface area contributed by atoms with Crippen LogP contribution in [0.4, 0.5) is 0 Å². The predicted molar refractivity (Wildman–Crippen MR) is 101 cm³/mol. The van der Waals surface area contributed by atoms with E-state index >= 15 is 0 Å². The van der Waals surface area contributed by atoms with Gasteiger partial charge in [-0.1, -0.05) is 31.0 Å². The normalized spacial score (nSPS) is 28.5. The van der Waals surface area contributed by atoms with Gasteiger partial charge in [-0.25, -0.2) is 0 Å². The van der Waals surface area contributed by atoms with Crippen molar-refractivity contribution in [3.8, 4) is 0 Å². The molecule has 150 valence electrons. The number of hydrogen-bond donors (Lipinski definition) is 1. The number of Topliss-reactive ketones (excluding diaryl/α,β-unsaturated/α-hetero) is 1. The lowest BCUT2D eigenvalue weighted by atomic mass is 9.81. The highest BCUT2D eigenvalue weighted by Crippen LogP contribution is 2.41. The Labute approximate surface area is 164 Å². The maximum Gasteiger partial charge on any atom is 0.249 e. The number of hydrogen-bond acceptors (Lipinski definition) is 5. The van der Waals surface area contributed by atoms with Gasteiger partial charge in [0.05, 0.1) is 12.5 Å². The quantitative estimate of drug-likeness (QED) is 0.821. The Morgan fingerprint density at radius 3 is 2.64 bits per heavy atom. The number of rotatable bonds is 5. The van der Waals surface area contributed by atoms with Gasteiger partial charge in [0.2, 0.25) is 11.8 Å². The third kappa shape index (κ3) is 3.12. The molecule has 2 N–H and O–H groups in total. The molecule has 2 heterocycles. The molecule has 0 aromatic heterocycles. The minimum absolute atomic E-state index is 0.00490. The average Bonchev–Trinajstić information content (AvgIpc) is 3.41. The second-order valence-electron chi connectivity index (χ2n) is 7.93. The Balaban J connectivity index is 1.72. The molecular formula is C21H26N2O5. The van der Waals surface area contributed by atoms with E-state index in [2.05, 4.69) is 0 Å². The van der Waals surface area contributed by atoms with Gasteiger partial charge in [-0.3, -0.25) is 14.4 Å². The van der Waals surface area contributed by atoms with Crippen LogP contribution in [0.3, 0.4) is 0 Å². The van der Waals surface area contributed by atoms with E-state index < -0.39 is 24.0 Å². The number of primary amides is 1. The fraction of sp³-hybridized carbons (Fsp3) is 0.571. The number of carbonyl (C=O) groups is 3. The Morgan fingerprint density at radius 1 is 1.25 bits per heavy atom. The summed E-state index contributed by atoms with van der Waals surface area (Å²) in [7, 11) is 1.57. The summed E-state index contributed by atoms with van der Waals surface area (Å²) in [4.78, 5) is 39.8. The zero-order valence-electron chi connectivity index (χ0n) is 16.0. The van der Waals surface area contributed by atoms with E-state index in [1.54, 1.807) is 24.1 Å². The summed E-state index contributed by atoms with van der Waals surface area (Å²) in [5, 5.41) is 0. The number of ketones is 1. The van der Waals surface area contributed by atoms with Crippen LogP contribution in [0.25, 0.3) is 0 Å². The number of nitrogens with zero attached hydrogens (tertiary/aromatic N) is 1. The maximum absolute atomic E-state index is 13.8. The van der Waals surface area contributed by atoms with Crippen LogP contribution in [0.2, 0.25) is 0 Å². The number of methoxy groups -OCH3 is 1. The van der Waals surface area contributed by atoms with Crippen LogP contribution < -0.4 is 5.73 Å². The van der Waals surface area contributed by atoms with Gasteiger partial charge in [0, 0.05) is 12.7 Å². The van der Waals surface area contributed by atoms with E-state index in [1.165, 1.54) is 0 Å². The summed E-state index contributed by atoms with van der Waals surface area (Å²) in [5.74, 6) is -1.12. The molecular weight excluding hydrogens is 360 g/mol. The fourth-order valence-corrected chi connectivity index (χ4v) is 5.10. The van der Waals surface area contributed by atoms with Gasteiger partial charge in [0.1, 0.15) is 24.9 Å². The third-order valence-electron chi connectivity index (χ3n) is 6.42. The SMILES string of the molecule is CO[C@@H]1CN(C(=O)[C@H](c2ccccc2C(N)=O)C2CCCC2)[C@@H]2C(=O)CO[C@@H]21. The summed E-state index contributed by atoms with van der Waals surface area (Å²) in [6, 6.07) is 6.45. The molecule has 0 radical (unpaired) electrons. The Hall–Kier alpha value is -2.25. The zero-order valence-corrected chi connectivity index (χ0v) is 16.0. The van der Waals surface area contributed by atoms with Crippen LogP contribution in [0.1, 0.15) is 47.5 Å². The number of likely N-dealkylation sites (tertiary alicyclic amines) is 1. The molecule has 7 nitrogen and oxygen atoms in total. The second-order valence-corrected chi connectivity index (χ2v) is 7.93. The van der Waals surface area contributed by atoms with Crippen molar-refractivity contribution in [1.82, 2.24) is 4.90 Å².